The van der Waals surface area contributed by atoms with Crippen LogP contribution >= 0.6 is 23.8 Å². The van der Waals surface area contributed by atoms with Gasteiger partial charge in [0, 0.05) is 42.5 Å². The van der Waals surface area contributed by atoms with Crippen LogP contribution in [0, 0.1) is 0 Å². The highest BCUT2D eigenvalue weighted by Crippen LogP contribution is 2.26. The first-order valence-electron chi connectivity index (χ1n) is 9.18. The lowest BCUT2D eigenvalue weighted by Crippen LogP contribution is -2.48. The van der Waals surface area contributed by atoms with E-state index < -0.39 is 0 Å². The Hall–Kier alpha value is -2.50. The van der Waals surface area contributed by atoms with Gasteiger partial charge in [-0.25, -0.2) is 0 Å². The molecule has 4 nitrogen and oxygen atoms in total. The zero-order valence-corrected chi connectivity index (χ0v) is 17.2. The maximum absolute atomic E-state index is 6.12. The zero-order valence-electron chi connectivity index (χ0n) is 15.6. The van der Waals surface area contributed by atoms with Crippen molar-refractivity contribution in [1.29, 1.82) is 0 Å². The Morgan fingerprint density at radius 1 is 1.00 bits per heavy atom. The van der Waals surface area contributed by atoms with Crippen LogP contribution in [0.1, 0.15) is 5.76 Å². The fourth-order valence-electron chi connectivity index (χ4n) is 3.36. The van der Waals surface area contributed by atoms with Crippen molar-refractivity contribution in [1.82, 2.24) is 4.90 Å². The number of methoxy groups -OCH3 is 1. The highest BCUT2D eigenvalue weighted by atomic mass is 35.5. The van der Waals surface area contributed by atoms with Gasteiger partial charge < -0.3 is 19.0 Å². The van der Waals surface area contributed by atoms with E-state index in [0.29, 0.717) is 0 Å². The largest absolute Gasteiger partial charge is 0.497 e. The summed E-state index contributed by atoms with van der Waals surface area (Å²) in [5.41, 5.74) is 2.15. The minimum Gasteiger partial charge on any atom is -0.497 e. The average molecular weight is 413 g/mol. The molecular formula is C22H21ClN2O2S. The smallest absolute Gasteiger partial charge is 0.162 e. The third kappa shape index (κ3) is 4.01. The number of halogens is 1. The van der Waals surface area contributed by atoms with Gasteiger partial charge in [-0.2, -0.15) is 0 Å². The first kappa shape index (κ1) is 18.8. The molecule has 0 aliphatic carbocycles. The van der Waals surface area contributed by atoms with Crippen molar-refractivity contribution < 1.29 is 9.15 Å². The normalized spacial score (nSPS) is 14.2. The minimum atomic E-state index is 0.733. The van der Waals surface area contributed by atoms with Gasteiger partial charge in [0.1, 0.15) is 16.5 Å². The van der Waals surface area contributed by atoms with Gasteiger partial charge >= 0.3 is 0 Å². The van der Waals surface area contributed by atoms with E-state index in [1.165, 1.54) is 0 Å². The Balaban J connectivity index is 1.41. The summed E-state index contributed by atoms with van der Waals surface area (Å²) in [6.07, 6.45) is 0. The van der Waals surface area contributed by atoms with Crippen LogP contribution in [0.4, 0.5) is 5.69 Å². The molecule has 1 aliphatic rings. The second-order valence-electron chi connectivity index (χ2n) is 6.65. The topological polar surface area (TPSA) is 28.9 Å². The highest BCUT2D eigenvalue weighted by molar-refractivity contribution is 7.80. The maximum atomic E-state index is 6.12. The quantitative estimate of drug-likeness (QED) is 0.555. The van der Waals surface area contributed by atoms with Crippen LogP contribution in [-0.4, -0.2) is 43.2 Å². The van der Waals surface area contributed by atoms with E-state index in [1.807, 2.05) is 54.6 Å². The van der Waals surface area contributed by atoms with Crippen LogP contribution in [0.15, 0.2) is 65.1 Å². The molecular weight excluding hydrogens is 392 g/mol. The van der Waals surface area contributed by atoms with Crippen molar-refractivity contribution in [2.24, 2.45) is 0 Å². The summed E-state index contributed by atoms with van der Waals surface area (Å²) in [5, 5.41) is 0.761. The number of benzene rings is 2. The summed E-state index contributed by atoms with van der Waals surface area (Å²) in [7, 11) is 1.66. The Morgan fingerprint density at radius 2 is 1.75 bits per heavy atom. The van der Waals surface area contributed by atoms with Gasteiger partial charge in [0.05, 0.1) is 7.11 Å². The fourth-order valence-corrected chi connectivity index (χ4v) is 3.84. The third-order valence-electron chi connectivity index (χ3n) is 4.93. The van der Waals surface area contributed by atoms with Gasteiger partial charge in [-0.3, -0.25) is 0 Å². The summed E-state index contributed by atoms with van der Waals surface area (Å²) in [6, 6.07) is 19.7. The molecule has 0 atom stereocenters. The second kappa shape index (κ2) is 8.25. The van der Waals surface area contributed by atoms with Crippen molar-refractivity contribution in [3.05, 3.63) is 71.4 Å². The molecule has 0 saturated carbocycles. The molecule has 6 heteroatoms. The zero-order chi connectivity index (χ0) is 19.5. The molecule has 4 rings (SSSR count). The van der Waals surface area contributed by atoms with Crippen molar-refractivity contribution in [3.8, 4) is 17.1 Å². The minimum absolute atomic E-state index is 0.733. The number of thiocarbonyl (C=S) groups is 1. The Morgan fingerprint density at radius 3 is 2.43 bits per heavy atom. The van der Waals surface area contributed by atoms with E-state index in [9.17, 15) is 0 Å². The monoisotopic (exact) mass is 412 g/mol. The van der Waals surface area contributed by atoms with Crippen LogP contribution in [0.25, 0.3) is 11.3 Å². The predicted octanol–water partition coefficient (Wildman–Crippen LogP) is 5.11. The standard InChI is InChI=1S/C22H21ClN2O2S/c1-26-19-7-5-16(6-8-19)20-9-10-21(27-20)22(28)25-13-11-24(12-14-25)18-4-2-3-17(23)15-18/h2-10,15H,11-14H2,1H3. The molecule has 0 N–H and O–H groups in total. The van der Waals surface area contributed by atoms with E-state index in [-0.39, 0.29) is 0 Å². The number of nitrogens with zero attached hydrogens (tertiary/aromatic N) is 2. The molecule has 1 fully saturated rings. The Bertz CT molecular complexity index is 963. The van der Waals surface area contributed by atoms with Crippen LogP contribution in [-0.2, 0) is 0 Å². The molecule has 0 amide bonds. The molecule has 3 aromatic rings. The van der Waals surface area contributed by atoms with E-state index in [4.69, 9.17) is 33.0 Å². The number of hydrogen-bond acceptors (Lipinski definition) is 4. The molecule has 0 bridgehead atoms. The molecule has 144 valence electrons. The molecule has 0 spiro atoms. The summed E-state index contributed by atoms with van der Waals surface area (Å²) >= 11 is 11.8. The summed E-state index contributed by atoms with van der Waals surface area (Å²) in [5.74, 6) is 2.36. The molecule has 1 saturated heterocycles. The van der Waals surface area contributed by atoms with E-state index in [1.54, 1.807) is 7.11 Å². The molecule has 1 aliphatic heterocycles. The van der Waals surface area contributed by atoms with E-state index in [2.05, 4.69) is 15.9 Å². The lowest BCUT2D eigenvalue weighted by atomic mass is 10.2. The van der Waals surface area contributed by atoms with Crippen molar-refractivity contribution >= 4 is 34.5 Å². The molecule has 2 aromatic carbocycles. The lowest BCUT2D eigenvalue weighted by molar-refractivity contribution is 0.385. The van der Waals surface area contributed by atoms with Crippen LogP contribution < -0.4 is 9.64 Å². The number of hydrogen-bond donors (Lipinski definition) is 0. The van der Waals surface area contributed by atoms with E-state index in [0.717, 1.165) is 64.7 Å². The van der Waals surface area contributed by atoms with Crippen LogP contribution in [0.5, 0.6) is 5.75 Å². The number of rotatable bonds is 4. The number of piperazine rings is 1. The Kier molecular flexibility index (Phi) is 5.55. The van der Waals surface area contributed by atoms with Crippen molar-refractivity contribution in [2.75, 3.05) is 38.2 Å². The van der Waals surface area contributed by atoms with Crippen molar-refractivity contribution in [3.63, 3.8) is 0 Å². The van der Waals surface area contributed by atoms with Gasteiger partial charge in [-0.1, -0.05) is 29.9 Å². The highest BCUT2D eigenvalue weighted by Gasteiger charge is 2.22. The molecule has 1 aromatic heterocycles. The predicted molar refractivity (Wildman–Crippen MR) is 118 cm³/mol. The van der Waals surface area contributed by atoms with Gasteiger partial charge in [-0.05, 0) is 54.6 Å². The number of furan rings is 1. The maximum Gasteiger partial charge on any atom is 0.162 e. The van der Waals surface area contributed by atoms with Crippen molar-refractivity contribution in [2.45, 2.75) is 0 Å². The molecule has 28 heavy (non-hydrogen) atoms. The SMILES string of the molecule is COc1ccc(-c2ccc(C(=S)N3CCN(c4cccc(Cl)c4)CC3)o2)cc1. The second-order valence-corrected chi connectivity index (χ2v) is 7.47. The Labute approximate surface area is 175 Å². The number of anilines is 1. The van der Waals surface area contributed by atoms with Gasteiger partial charge in [-0.15, -0.1) is 0 Å². The molecule has 2 heterocycles. The number of ether oxygens (including phenoxy) is 1. The van der Waals surface area contributed by atoms with Gasteiger partial charge in [0.15, 0.2) is 5.76 Å². The summed E-state index contributed by atoms with van der Waals surface area (Å²) in [6.45, 7) is 3.49. The first-order chi connectivity index (χ1) is 13.6. The van der Waals surface area contributed by atoms with Gasteiger partial charge in [0.25, 0.3) is 0 Å². The average Bonchev–Trinajstić information content (AvgIpc) is 3.24. The lowest BCUT2D eigenvalue weighted by Gasteiger charge is -2.37. The molecule has 0 unspecified atom stereocenters. The van der Waals surface area contributed by atoms with Crippen LogP contribution in [0.3, 0.4) is 0 Å². The van der Waals surface area contributed by atoms with Gasteiger partial charge in [0.2, 0.25) is 0 Å². The first-order valence-corrected chi connectivity index (χ1v) is 9.97. The van der Waals surface area contributed by atoms with E-state index >= 15 is 0 Å². The third-order valence-corrected chi connectivity index (χ3v) is 5.63. The fraction of sp³-hybridized carbons (Fsp3) is 0.227. The molecule has 0 radical (unpaired) electrons. The summed E-state index contributed by atoms with van der Waals surface area (Å²) < 4.78 is 11.2. The summed E-state index contributed by atoms with van der Waals surface area (Å²) in [4.78, 5) is 5.29. The van der Waals surface area contributed by atoms with Crippen LogP contribution in [0.2, 0.25) is 5.02 Å².